The molecular formula is C21H18N8OS2. The summed E-state index contributed by atoms with van der Waals surface area (Å²) in [5.74, 6) is 0. The van der Waals surface area contributed by atoms with E-state index in [0.717, 1.165) is 59.3 Å². The average Bonchev–Trinajstić information content (AvgIpc) is 3.67. The molecule has 1 fully saturated rings. The molecule has 0 bridgehead atoms. The van der Waals surface area contributed by atoms with Crippen LogP contribution >= 0.6 is 22.9 Å². The van der Waals surface area contributed by atoms with Gasteiger partial charge in [-0.3, -0.25) is 9.99 Å². The molecule has 4 aromatic heterocycles. The van der Waals surface area contributed by atoms with Crippen LogP contribution < -0.4 is 0 Å². The number of pyridine rings is 1. The van der Waals surface area contributed by atoms with Gasteiger partial charge >= 0.3 is 0 Å². The first-order valence-corrected chi connectivity index (χ1v) is 12.0. The van der Waals surface area contributed by atoms with Crippen LogP contribution in [0.2, 0.25) is 0 Å². The number of allylic oxidation sites excluding steroid dienone is 1. The van der Waals surface area contributed by atoms with Gasteiger partial charge in [-0.25, -0.2) is 15.0 Å². The minimum absolute atomic E-state index is 0.374. The highest BCUT2D eigenvalue weighted by molar-refractivity contribution is 7.11. The topological polar surface area (TPSA) is 96.4 Å². The lowest BCUT2D eigenvalue weighted by Crippen LogP contribution is -2.44. The van der Waals surface area contributed by atoms with E-state index in [1.807, 2.05) is 35.0 Å². The Morgan fingerprint density at radius 3 is 2.66 bits per heavy atom. The van der Waals surface area contributed by atoms with Gasteiger partial charge in [0.15, 0.2) is 6.17 Å². The average molecular weight is 463 g/mol. The van der Waals surface area contributed by atoms with E-state index in [4.69, 9.17) is 9.52 Å². The summed E-state index contributed by atoms with van der Waals surface area (Å²) in [5, 5.41) is 17.9. The molecule has 0 spiro atoms. The van der Waals surface area contributed by atoms with Gasteiger partial charge in [-0.2, -0.15) is 0 Å². The largest absolute Gasteiger partial charge is 0.364 e. The van der Waals surface area contributed by atoms with Crippen LogP contribution in [-0.2, 0) is 0 Å². The lowest BCUT2D eigenvalue weighted by Gasteiger charge is -2.42. The summed E-state index contributed by atoms with van der Waals surface area (Å²) in [4.78, 5) is 14.5. The lowest BCUT2D eigenvalue weighted by atomic mass is 10.0. The summed E-state index contributed by atoms with van der Waals surface area (Å²) in [6, 6.07) is 7.78. The Morgan fingerprint density at radius 2 is 1.97 bits per heavy atom. The van der Waals surface area contributed by atoms with Crippen molar-refractivity contribution in [2.24, 2.45) is 4.99 Å². The molecule has 0 saturated carbocycles. The summed E-state index contributed by atoms with van der Waals surface area (Å²) in [5.41, 5.74) is 4.78. The molecule has 11 heteroatoms. The van der Waals surface area contributed by atoms with E-state index < -0.39 is 0 Å². The molecule has 6 heterocycles. The zero-order valence-corrected chi connectivity index (χ0v) is 18.5. The first-order valence-electron chi connectivity index (χ1n) is 10.3. The molecule has 9 nitrogen and oxygen atoms in total. The Bertz CT molecular complexity index is 1230. The summed E-state index contributed by atoms with van der Waals surface area (Å²) >= 11 is 2.86. The van der Waals surface area contributed by atoms with Crippen LogP contribution in [0.5, 0.6) is 0 Å². The van der Waals surface area contributed by atoms with Crippen LogP contribution in [0.1, 0.15) is 41.1 Å². The second-order valence-corrected chi connectivity index (χ2v) is 8.85. The summed E-state index contributed by atoms with van der Waals surface area (Å²) in [6.45, 7) is 1.86. The number of nitrogens with zero attached hydrogens (tertiary/aromatic N) is 8. The molecule has 1 atom stereocenters. The summed E-state index contributed by atoms with van der Waals surface area (Å²) in [6.07, 6.45) is 7.06. The van der Waals surface area contributed by atoms with Gasteiger partial charge in [-0.1, -0.05) is 15.7 Å². The van der Waals surface area contributed by atoms with Gasteiger partial charge in [0, 0.05) is 42.3 Å². The van der Waals surface area contributed by atoms with E-state index in [1.165, 1.54) is 11.5 Å². The summed E-state index contributed by atoms with van der Waals surface area (Å²) in [7, 11) is 0. The van der Waals surface area contributed by atoms with Crippen LogP contribution in [-0.4, -0.2) is 53.5 Å². The normalized spacial score (nSPS) is 19.6. The molecule has 0 radical (unpaired) electrons. The van der Waals surface area contributed by atoms with Crippen molar-refractivity contribution in [1.82, 2.24) is 34.7 Å². The molecule has 0 amide bonds. The molecular weight excluding hydrogens is 444 g/mol. The maximum Gasteiger partial charge on any atom is 0.178 e. The summed E-state index contributed by atoms with van der Waals surface area (Å²) < 4.78 is 9.38. The fourth-order valence-corrected chi connectivity index (χ4v) is 5.24. The maximum absolute atomic E-state index is 5.28. The van der Waals surface area contributed by atoms with Crippen molar-refractivity contribution in [2.45, 2.75) is 19.0 Å². The standard InChI is InChI=1S/C21H18N8OS2/c1-2-7-22-15(5-1)20-24-18(16-13-32-27-25-16)17(21-23-8-12-31-21)19(14-6-11-30-26-14)29(20)28-9-3-4-10-28/h1-2,5-8,11-13,20H,3-4,9-10H2. The van der Waals surface area contributed by atoms with E-state index in [0.29, 0.717) is 5.69 Å². The molecule has 1 unspecified atom stereocenters. The van der Waals surface area contributed by atoms with Crippen molar-refractivity contribution < 1.29 is 4.52 Å². The SMILES string of the molecule is c1ccc(C2N=C(c3csnn3)C(c3nccs3)=C(c3ccon3)N2N2CCCC2)nc1. The number of thiazole rings is 1. The molecule has 2 aliphatic rings. The second kappa shape index (κ2) is 8.34. The molecule has 0 aliphatic carbocycles. The Labute approximate surface area is 191 Å². The number of aromatic nitrogens is 5. The van der Waals surface area contributed by atoms with Crippen molar-refractivity contribution >= 4 is 39.9 Å². The minimum atomic E-state index is -0.374. The number of hydrogen-bond donors (Lipinski definition) is 0. The highest BCUT2D eigenvalue weighted by Gasteiger charge is 2.40. The van der Waals surface area contributed by atoms with Gasteiger partial charge in [0.2, 0.25) is 0 Å². The second-order valence-electron chi connectivity index (χ2n) is 7.35. The zero-order valence-electron chi connectivity index (χ0n) is 16.9. The highest BCUT2D eigenvalue weighted by atomic mass is 32.1. The van der Waals surface area contributed by atoms with Crippen molar-refractivity contribution in [2.75, 3.05) is 13.1 Å². The quantitative estimate of drug-likeness (QED) is 0.442. The molecule has 160 valence electrons. The number of hydrogen-bond acceptors (Lipinski definition) is 11. The van der Waals surface area contributed by atoms with Crippen molar-refractivity contribution in [3.05, 3.63) is 75.8 Å². The predicted octanol–water partition coefficient (Wildman–Crippen LogP) is 3.76. The van der Waals surface area contributed by atoms with Gasteiger partial charge in [0.25, 0.3) is 0 Å². The maximum atomic E-state index is 5.28. The van der Waals surface area contributed by atoms with Crippen LogP contribution in [0.15, 0.2) is 63.2 Å². The van der Waals surface area contributed by atoms with Crippen molar-refractivity contribution in [1.29, 1.82) is 0 Å². The van der Waals surface area contributed by atoms with Gasteiger partial charge in [0.05, 0.1) is 17.0 Å². The molecule has 32 heavy (non-hydrogen) atoms. The Hall–Kier alpha value is -3.28. The molecule has 4 aromatic rings. The fraction of sp³-hybridized carbons (Fsp3) is 0.238. The molecule has 0 N–H and O–H groups in total. The zero-order chi connectivity index (χ0) is 21.3. The smallest absolute Gasteiger partial charge is 0.178 e. The molecule has 1 saturated heterocycles. The van der Waals surface area contributed by atoms with Crippen molar-refractivity contribution in [3.8, 4) is 0 Å². The third-order valence-electron chi connectivity index (χ3n) is 5.45. The third-order valence-corrected chi connectivity index (χ3v) is 6.75. The number of aliphatic imine (C=N–C) groups is 1. The van der Waals surface area contributed by atoms with Crippen LogP contribution in [0, 0.1) is 0 Å². The van der Waals surface area contributed by atoms with E-state index in [1.54, 1.807) is 30.0 Å². The van der Waals surface area contributed by atoms with Crippen molar-refractivity contribution in [3.63, 3.8) is 0 Å². The van der Waals surface area contributed by atoms with Crippen LogP contribution in [0.25, 0.3) is 11.3 Å². The van der Waals surface area contributed by atoms with Gasteiger partial charge in [-0.05, 0) is 36.5 Å². The van der Waals surface area contributed by atoms with Crippen LogP contribution in [0.4, 0.5) is 0 Å². The number of hydrazine groups is 1. The van der Waals surface area contributed by atoms with Crippen LogP contribution in [0.3, 0.4) is 0 Å². The molecule has 2 aliphatic heterocycles. The first-order chi connectivity index (χ1) is 15.9. The Morgan fingerprint density at radius 1 is 1.03 bits per heavy atom. The van der Waals surface area contributed by atoms with Gasteiger partial charge < -0.3 is 4.52 Å². The highest BCUT2D eigenvalue weighted by Crippen LogP contribution is 2.43. The molecule has 0 aromatic carbocycles. The number of rotatable bonds is 5. The Kier molecular flexibility index (Phi) is 5.06. The lowest BCUT2D eigenvalue weighted by molar-refractivity contribution is 0.0188. The Balaban J connectivity index is 1.65. The van der Waals surface area contributed by atoms with E-state index in [-0.39, 0.29) is 6.17 Å². The van der Waals surface area contributed by atoms with E-state index >= 15 is 0 Å². The molecule has 6 rings (SSSR count). The third kappa shape index (κ3) is 3.34. The first kappa shape index (κ1) is 19.4. The monoisotopic (exact) mass is 462 g/mol. The minimum Gasteiger partial charge on any atom is -0.364 e. The van der Waals surface area contributed by atoms with E-state index in [2.05, 4.69) is 34.7 Å². The van der Waals surface area contributed by atoms with E-state index in [9.17, 15) is 0 Å². The predicted molar refractivity (Wildman–Crippen MR) is 122 cm³/mol. The van der Waals surface area contributed by atoms with Gasteiger partial charge in [0.1, 0.15) is 28.4 Å². The fourth-order valence-electron chi connectivity index (χ4n) is 4.11. The van der Waals surface area contributed by atoms with Gasteiger partial charge in [-0.15, -0.1) is 16.4 Å².